The summed E-state index contributed by atoms with van der Waals surface area (Å²) < 4.78 is 26.4. The van der Waals surface area contributed by atoms with Gasteiger partial charge in [-0.15, -0.1) is 0 Å². The number of imidazole rings is 2. The molecule has 5 N–H and O–H groups in total. The van der Waals surface area contributed by atoms with Crippen molar-refractivity contribution in [2.45, 2.75) is 24.5 Å². The van der Waals surface area contributed by atoms with Gasteiger partial charge >= 0.3 is 6.72 Å². The molecule has 3 aromatic rings. The fourth-order valence-electron chi connectivity index (χ4n) is 2.94. The Morgan fingerprint density at radius 2 is 2.21 bits per heavy atom. The maximum Gasteiger partial charge on any atom is 0.386 e. The van der Waals surface area contributed by atoms with Gasteiger partial charge in [0, 0.05) is 12.4 Å². The summed E-state index contributed by atoms with van der Waals surface area (Å²) in [7, 11) is 0.498. The summed E-state index contributed by atoms with van der Waals surface area (Å²) in [6.45, 7) is -3.89. The van der Waals surface area contributed by atoms with Crippen molar-refractivity contribution in [3.05, 3.63) is 35.4 Å². The number of hydrogen-bond donors (Lipinski definition) is 4. The van der Waals surface area contributed by atoms with E-state index in [1.807, 2.05) is 0 Å². The van der Waals surface area contributed by atoms with Crippen molar-refractivity contribution in [3.63, 3.8) is 0 Å². The molecule has 1 saturated heterocycles. The smallest absolute Gasteiger partial charge is 0.386 e. The van der Waals surface area contributed by atoms with Crippen molar-refractivity contribution in [2.24, 2.45) is 0 Å². The molecule has 3 unspecified atom stereocenters. The number of nitrogens with two attached hydrogens (primary N) is 1. The van der Waals surface area contributed by atoms with Crippen LogP contribution in [0.3, 0.4) is 0 Å². The number of aromatic nitrogens is 6. The van der Waals surface area contributed by atoms with Crippen LogP contribution in [0.25, 0.3) is 11.2 Å². The fraction of sp³-hybridized carbons (Fsp3) is 0.357. The SMILES string of the molecule is C#SP(=O)(OC[C@H]1OC(n2cnc3c(=O)[nH]c(N)nc32)[C@@H](O)C1O)n1ccnc1. The highest BCUT2D eigenvalue weighted by Gasteiger charge is 2.45. The largest absolute Gasteiger partial charge is 0.387 e. The number of nitrogens with zero attached hydrogens (tertiary/aromatic N) is 5. The first-order valence-corrected chi connectivity index (χ1v) is 11.3. The molecule has 5 atom stereocenters. The van der Waals surface area contributed by atoms with Crippen LogP contribution in [-0.4, -0.2) is 64.0 Å². The molecule has 13 nitrogen and oxygen atoms in total. The number of nitrogens with one attached hydrogen (secondary N) is 1. The van der Waals surface area contributed by atoms with Crippen LogP contribution in [-0.2, 0) is 13.8 Å². The van der Waals surface area contributed by atoms with Gasteiger partial charge in [-0.05, 0) is 10.8 Å². The zero-order chi connectivity index (χ0) is 20.8. The molecule has 4 heterocycles. The summed E-state index contributed by atoms with van der Waals surface area (Å²) in [5.41, 5.74) is 10.6. The molecule has 1 fully saturated rings. The molecule has 0 amide bonds. The zero-order valence-corrected chi connectivity index (χ0v) is 16.3. The maximum absolute atomic E-state index is 12.8. The van der Waals surface area contributed by atoms with Crippen molar-refractivity contribution >= 4 is 34.6 Å². The van der Waals surface area contributed by atoms with Crippen LogP contribution in [0.5, 0.6) is 0 Å². The predicted molar refractivity (Wildman–Crippen MR) is 102 cm³/mol. The third-order valence-corrected chi connectivity index (χ3v) is 7.60. The van der Waals surface area contributed by atoms with E-state index in [1.54, 1.807) is 0 Å². The molecule has 154 valence electrons. The minimum absolute atomic E-state index is 0.00618. The highest BCUT2D eigenvalue weighted by molar-refractivity contribution is 8.49. The van der Waals surface area contributed by atoms with E-state index in [9.17, 15) is 19.6 Å². The second-order valence-electron chi connectivity index (χ2n) is 6.13. The molecule has 0 spiro atoms. The topological polar surface area (TPSA) is 183 Å². The Kier molecular flexibility index (Phi) is 5.00. The van der Waals surface area contributed by atoms with E-state index in [0.717, 1.165) is 0 Å². The van der Waals surface area contributed by atoms with Gasteiger partial charge in [0.15, 0.2) is 17.4 Å². The number of H-pyrrole nitrogens is 1. The number of aromatic amines is 1. The number of ether oxygens (including phenoxy) is 1. The number of hydrogen-bond acceptors (Lipinski definition) is 10. The van der Waals surface area contributed by atoms with Crippen LogP contribution in [0.2, 0.25) is 0 Å². The van der Waals surface area contributed by atoms with E-state index in [4.69, 9.17) is 20.7 Å². The first kappa shape index (κ1) is 19.7. The van der Waals surface area contributed by atoms with Crippen molar-refractivity contribution in [3.8, 4) is 5.69 Å². The van der Waals surface area contributed by atoms with Gasteiger partial charge in [0.25, 0.3) is 5.56 Å². The molecule has 0 radical (unpaired) electrons. The molecule has 0 saturated carbocycles. The zero-order valence-electron chi connectivity index (χ0n) is 14.6. The number of aliphatic hydroxyl groups is 2. The Morgan fingerprint density at radius 3 is 2.90 bits per heavy atom. The third-order valence-electron chi connectivity index (χ3n) is 4.37. The number of fused-ring (bicyclic) bond motifs is 1. The Bertz CT molecular complexity index is 1190. The molecule has 3 aromatic heterocycles. The molecule has 0 bridgehead atoms. The Balaban J connectivity index is 1.57. The Morgan fingerprint density at radius 1 is 1.41 bits per heavy atom. The third kappa shape index (κ3) is 3.36. The summed E-state index contributed by atoms with van der Waals surface area (Å²) in [4.78, 5) is 26.0. The predicted octanol–water partition coefficient (Wildman–Crippen LogP) is -0.487. The first-order chi connectivity index (χ1) is 13.8. The van der Waals surface area contributed by atoms with Crippen LogP contribution in [0.15, 0.2) is 29.8 Å². The van der Waals surface area contributed by atoms with E-state index in [1.165, 1.54) is 34.0 Å². The van der Waals surface area contributed by atoms with Gasteiger partial charge in [0.2, 0.25) is 5.95 Å². The highest BCUT2D eigenvalue weighted by Crippen LogP contribution is 2.55. The molecule has 0 aromatic carbocycles. The summed E-state index contributed by atoms with van der Waals surface area (Å²) in [5, 5.41) is 20.8. The van der Waals surface area contributed by atoms with Gasteiger partial charge in [0.1, 0.15) is 24.6 Å². The average Bonchev–Trinajstić information content (AvgIpc) is 3.42. The standard InChI is InChI=1S/C14H16N7O6PS/c1-29-28(25,20-3-2-16-5-20)26-4-7-9(22)10(23)13(27-7)21-6-17-8-11(21)18-14(15)19-12(8)24/h1-3,5-7,9-10,13,22-23H,4H2,(H3,15,18,19,24)/t7-,9?,10+,13?,28?/m1/s1. The molecule has 1 aliphatic rings. The summed E-state index contributed by atoms with van der Waals surface area (Å²) in [5.74, 6) is -0.140. The van der Waals surface area contributed by atoms with Crippen LogP contribution < -0.4 is 11.3 Å². The van der Waals surface area contributed by atoms with Crippen molar-refractivity contribution < 1.29 is 24.0 Å². The average molecular weight is 441 g/mol. The lowest BCUT2D eigenvalue weighted by molar-refractivity contribution is -0.0469. The maximum atomic E-state index is 12.8. The van der Waals surface area contributed by atoms with Gasteiger partial charge in [-0.2, -0.15) is 4.98 Å². The second-order valence-corrected chi connectivity index (χ2v) is 10.0. The molecule has 0 aliphatic carbocycles. The lowest BCUT2D eigenvalue weighted by atomic mass is 10.1. The quantitative estimate of drug-likeness (QED) is 0.377. The van der Waals surface area contributed by atoms with E-state index in [-0.39, 0.29) is 23.7 Å². The monoisotopic (exact) mass is 441 g/mol. The molecular formula is C14H16N7O6PS. The molecule has 4 rings (SSSR count). The van der Waals surface area contributed by atoms with Crippen molar-refractivity contribution in [1.29, 1.82) is 0 Å². The van der Waals surface area contributed by atoms with E-state index in [2.05, 4.69) is 19.9 Å². The lowest BCUT2D eigenvalue weighted by Gasteiger charge is -2.18. The first-order valence-electron chi connectivity index (χ1n) is 8.20. The molecule has 1 aliphatic heterocycles. The number of rotatable bonds is 5. The van der Waals surface area contributed by atoms with Gasteiger partial charge in [0.05, 0.1) is 12.9 Å². The van der Waals surface area contributed by atoms with Crippen LogP contribution in [0.4, 0.5) is 5.95 Å². The Hall–Kier alpha value is -2.57. The summed E-state index contributed by atoms with van der Waals surface area (Å²) in [6.07, 6.45) is 0.411. The normalized spacial score (nSPS) is 26.5. The van der Waals surface area contributed by atoms with Crippen LogP contribution >= 0.6 is 17.5 Å². The van der Waals surface area contributed by atoms with E-state index < -0.39 is 36.8 Å². The van der Waals surface area contributed by atoms with Gasteiger partial charge < -0.3 is 20.7 Å². The summed E-state index contributed by atoms with van der Waals surface area (Å²) in [6, 6.07) is 0. The van der Waals surface area contributed by atoms with Crippen molar-refractivity contribution in [2.75, 3.05) is 12.3 Å². The van der Waals surface area contributed by atoms with Crippen LogP contribution in [0, 0.1) is 5.69 Å². The van der Waals surface area contributed by atoms with Crippen molar-refractivity contribution in [1.82, 2.24) is 28.8 Å². The minimum atomic E-state index is -3.55. The number of anilines is 1. The second kappa shape index (κ2) is 7.35. The number of aliphatic hydroxyl groups excluding tert-OH is 2. The minimum Gasteiger partial charge on any atom is -0.387 e. The van der Waals surface area contributed by atoms with Gasteiger partial charge in [-0.3, -0.25) is 23.2 Å². The lowest BCUT2D eigenvalue weighted by Crippen LogP contribution is -2.33. The molecule has 15 heteroatoms. The van der Waals surface area contributed by atoms with Gasteiger partial charge in [-0.1, -0.05) is 5.69 Å². The fourth-order valence-corrected chi connectivity index (χ4v) is 4.97. The summed E-state index contributed by atoms with van der Waals surface area (Å²) >= 11 is 0. The van der Waals surface area contributed by atoms with Crippen LogP contribution in [0.1, 0.15) is 6.23 Å². The molecular weight excluding hydrogens is 425 g/mol. The number of nitrogen functional groups attached to an aromatic ring is 1. The molecule has 29 heavy (non-hydrogen) atoms. The van der Waals surface area contributed by atoms with Gasteiger partial charge in [-0.25, -0.2) is 14.5 Å². The highest BCUT2D eigenvalue weighted by atomic mass is 32.7. The van der Waals surface area contributed by atoms with E-state index in [0.29, 0.717) is 10.8 Å². The van der Waals surface area contributed by atoms with E-state index >= 15 is 0 Å². The Labute approximate surface area is 166 Å².